The van der Waals surface area contributed by atoms with Crippen LogP contribution in [-0.4, -0.2) is 28.9 Å². The van der Waals surface area contributed by atoms with Gasteiger partial charge in [0.1, 0.15) is 5.82 Å². The van der Waals surface area contributed by atoms with Gasteiger partial charge in [0.2, 0.25) is 5.91 Å². The first-order valence-electron chi connectivity index (χ1n) is 5.44. The summed E-state index contributed by atoms with van der Waals surface area (Å²) < 4.78 is 13.5. The molecule has 2 N–H and O–H groups in total. The SMILES string of the molecule is CCN(CC(N)=S)C(=O)Cc1c(F)cccc1Cl. The van der Waals surface area contributed by atoms with E-state index >= 15 is 0 Å². The minimum atomic E-state index is -0.484. The number of rotatable bonds is 5. The van der Waals surface area contributed by atoms with E-state index in [1.54, 1.807) is 13.0 Å². The van der Waals surface area contributed by atoms with Crippen LogP contribution in [0.25, 0.3) is 0 Å². The second-order valence-corrected chi connectivity index (χ2v) is 4.68. The van der Waals surface area contributed by atoms with Crippen molar-refractivity contribution in [1.29, 1.82) is 0 Å². The fourth-order valence-electron chi connectivity index (χ4n) is 1.53. The molecule has 0 saturated heterocycles. The summed E-state index contributed by atoms with van der Waals surface area (Å²) in [5.41, 5.74) is 5.60. The second kappa shape index (κ2) is 6.66. The molecule has 0 aliphatic heterocycles. The lowest BCUT2D eigenvalue weighted by atomic mass is 10.1. The molecule has 0 atom stereocenters. The van der Waals surface area contributed by atoms with Gasteiger partial charge in [-0.15, -0.1) is 0 Å². The molecule has 0 spiro atoms. The standard InChI is InChI=1S/C12H14ClFN2OS/c1-2-16(7-11(15)18)12(17)6-8-9(13)4-3-5-10(8)14/h3-5H,2,6-7H2,1H3,(H2,15,18). The average Bonchev–Trinajstić information content (AvgIpc) is 2.30. The van der Waals surface area contributed by atoms with Crippen LogP contribution in [-0.2, 0) is 11.2 Å². The zero-order valence-electron chi connectivity index (χ0n) is 9.95. The highest BCUT2D eigenvalue weighted by atomic mass is 35.5. The zero-order chi connectivity index (χ0) is 13.7. The summed E-state index contributed by atoms with van der Waals surface area (Å²) >= 11 is 10.6. The van der Waals surface area contributed by atoms with Crippen LogP contribution in [0.3, 0.4) is 0 Å². The average molecular weight is 289 g/mol. The molecule has 0 aliphatic rings. The fourth-order valence-corrected chi connectivity index (χ4v) is 1.91. The number of amides is 1. The predicted octanol–water partition coefficient (Wildman–Crippen LogP) is 2.16. The Morgan fingerprint density at radius 1 is 1.56 bits per heavy atom. The Morgan fingerprint density at radius 3 is 2.72 bits per heavy atom. The number of thiocarbonyl (C=S) groups is 1. The Morgan fingerprint density at radius 2 is 2.22 bits per heavy atom. The van der Waals surface area contributed by atoms with Crippen molar-refractivity contribution in [2.75, 3.05) is 13.1 Å². The van der Waals surface area contributed by atoms with Crippen molar-refractivity contribution in [3.8, 4) is 0 Å². The smallest absolute Gasteiger partial charge is 0.227 e. The van der Waals surface area contributed by atoms with Crippen molar-refractivity contribution in [2.45, 2.75) is 13.3 Å². The maximum absolute atomic E-state index is 13.5. The summed E-state index contributed by atoms with van der Waals surface area (Å²) in [5.74, 6) is -0.737. The van der Waals surface area contributed by atoms with Crippen molar-refractivity contribution >= 4 is 34.7 Å². The molecule has 0 bridgehead atoms. The highest BCUT2D eigenvalue weighted by molar-refractivity contribution is 7.80. The molecule has 0 unspecified atom stereocenters. The molecule has 0 fully saturated rings. The van der Waals surface area contributed by atoms with Crippen LogP contribution < -0.4 is 5.73 Å². The number of benzene rings is 1. The molecule has 3 nitrogen and oxygen atoms in total. The number of hydrogen-bond acceptors (Lipinski definition) is 2. The van der Waals surface area contributed by atoms with Gasteiger partial charge < -0.3 is 10.6 Å². The van der Waals surface area contributed by atoms with Crippen LogP contribution in [0.15, 0.2) is 18.2 Å². The highest BCUT2D eigenvalue weighted by Crippen LogP contribution is 2.20. The van der Waals surface area contributed by atoms with Crippen molar-refractivity contribution in [2.24, 2.45) is 5.73 Å². The van der Waals surface area contributed by atoms with E-state index in [2.05, 4.69) is 0 Å². The first-order chi connectivity index (χ1) is 8.45. The van der Waals surface area contributed by atoms with Crippen LogP contribution in [0.5, 0.6) is 0 Å². The number of halogens is 2. The van der Waals surface area contributed by atoms with Gasteiger partial charge in [-0.05, 0) is 19.1 Å². The third-order valence-corrected chi connectivity index (χ3v) is 2.95. The normalized spacial score (nSPS) is 10.2. The number of nitrogens with zero attached hydrogens (tertiary/aromatic N) is 1. The second-order valence-electron chi connectivity index (χ2n) is 3.75. The van der Waals surface area contributed by atoms with Gasteiger partial charge in [-0.25, -0.2) is 4.39 Å². The molecule has 98 valence electrons. The van der Waals surface area contributed by atoms with Gasteiger partial charge in [0.25, 0.3) is 0 Å². The maximum atomic E-state index is 13.5. The summed E-state index contributed by atoms with van der Waals surface area (Å²) in [6.07, 6.45) is -0.0953. The largest absolute Gasteiger partial charge is 0.392 e. The van der Waals surface area contributed by atoms with E-state index in [0.29, 0.717) is 6.54 Å². The van der Waals surface area contributed by atoms with Crippen LogP contribution in [0, 0.1) is 5.82 Å². The van der Waals surface area contributed by atoms with Gasteiger partial charge in [0, 0.05) is 17.1 Å². The molecule has 1 rings (SSSR count). The third kappa shape index (κ3) is 3.92. The summed E-state index contributed by atoms with van der Waals surface area (Å²) in [7, 11) is 0. The van der Waals surface area contributed by atoms with Gasteiger partial charge in [0.15, 0.2) is 0 Å². The maximum Gasteiger partial charge on any atom is 0.227 e. The first-order valence-corrected chi connectivity index (χ1v) is 6.23. The molecule has 1 amide bonds. The number of carbonyl (C=O) groups is 1. The van der Waals surface area contributed by atoms with Crippen molar-refractivity contribution < 1.29 is 9.18 Å². The van der Waals surface area contributed by atoms with Crippen LogP contribution in [0.1, 0.15) is 12.5 Å². The van der Waals surface area contributed by atoms with E-state index in [4.69, 9.17) is 29.6 Å². The zero-order valence-corrected chi connectivity index (χ0v) is 11.5. The quantitative estimate of drug-likeness (QED) is 0.845. The van der Waals surface area contributed by atoms with E-state index < -0.39 is 5.82 Å². The molecule has 0 saturated carbocycles. The van der Waals surface area contributed by atoms with E-state index in [1.165, 1.54) is 17.0 Å². The molecular formula is C12H14ClFN2OS. The Bertz CT molecular complexity index is 447. The monoisotopic (exact) mass is 288 g/mol. The summed E-state index contributed by atoms with van der Waals surface area (Å²) in [5, 5.41) is 0.245. The fraction of sp³-hybridized carbons (Fsp3) is 0.333. The topological polar surface area (TPSA) is 46.3 Å². The molecule has 0 aromatic heterocycles. The van der Waals surface area contributed by atoms with Gasteiger partial charge in [0.05, 0.1) is 18.0 Å². The van der Waals surface area contributed by atoms with E-state index in [-0.39, 0.29) is 34.4 Å². The summed E-state index contributed by atoms with van der Waals surface area (Å²) in [6, 6.07) is 4.33. The minimum Gasteiger partial charge on any atom is -0.392 e. The Hall–Kier alpha value is -1.20. The first kappa shape index (κ1) is 14.9. The van der Waals surface area contributed by atoms with E-state index in [9.17, 15) is 9.18 Å². The molecule has 0 radical (unpaired) electrons. The van der Waals surface area contributed by atoms with Gasteiger partial charge in [-0.1, -0.05) is 29.9 Å². The number of hydrogen-bond donors (Lipinski definition) is 1. The lowest BCUT2D eigenvalue weighted by Gasteiger charge is -2.20. The van der Waals surface area contributed by atoms with Crippen molar-refractivity contribution in [1.82, 2.24) is 4.90 Å². The van der Waals surface area contributed by atoms with Gasteiger partial charge >= 0.3 is 0 Å². The summed E-state index contributed by atoms with van der Waals surface area (Å²) in [6.45, 7) is 2.46. The minimum absolute atomic E-state index is 0.0953. The molecule has 1 aromatic carbocycles. The summed E-state index contributed by atoms with van der Waals surface area (Å²) in [4.78, 5) is 13.7. The number of carbonyl (C=O) groups excluding carboxylic acids is 1. The number of nitrogens with two attached hydrogens (primary N) is 1. The Kier molecular flexibility index (Phi) is 5.50. The van der Waals surface area contributed by atoms with E-state index in [0.717, 1.165) is 0 Å². The highest BCUT2D eigenvalue weighted by Gasteiger charge is 2.17. The van der Waals surface area contributed by atoms with Crippen molar-refractivity contribution in [3.05, 3.63) is 34.6 Å². The molecule has 18 heavy (non-hydrogen) atoms. The lowest BCUT2D eigenvalue weighted by Crippen LogP contribution is -2.38. The van der Waals surface area contributed by atoms with Crippen LogP contribution in [0.2, 0.25) is 5.02 Å². The predicted molar refractivity (Wildman–Crippen MR) is 74.2 cm³/mol. The van der Waals surface area contributed by atoms with Crippen molar-refractivity contribution in [3.63, 3.8) is 0 Å². The van der Waals surface area contributed by atoms with Gasteiger partial charge in [-0.3, -0.25) is 4.79 Å². The number of likely N-dealkylation sites (N-methyl/N-ethyl adjacent to an activating group) is 1. The van der Waals surface area contributed by atoms with Gasteiger partial charge in [-0.2, -0.15) is 0 Å². The third-order valence-electron chi connectivity index (χ3n) is 2.47. The van der Waals surface area contributed by atoms with Crippen LogP contribution in [0.4, 0.5) is 4.39 Å². The molecule has 0 aliphatic carbocycles. The molecule has 6 heteroatoms. The molecule has 0 heterocycles. The van der Waals surface area contributed by atoms with E-state index in [1.807, 2.05) is 0 Å². The lowest BCUT2D eigenvalue weighted by molar-refractivity contribution is -0.129. The van der Waals surface area contributed by atoms with Crippen LogP contribution >= 0.6 is 23.8 Å². The molecular weight excluding hydrogens is 275 g/mol. The Balaban J connectivity index is 2.83. The Labute approximate surface area is 116 Å². The molecule has 1 aromatic rings.